The fraction of sp³-hybridized carbons (Fsp3) is 0.0357. The zero-order chi connectivity index (χ0) is 26.4. The number of halogens is 2. The van der Waals surface area contributed by atoms with E-state index in [-0.39, 0.29) is 17.0 Å². The first kappa shape index (κ1) is 26.3. The van der Waals surface area contributed by atoms with Crippen molar-refractivity contribution < 1.29 is 19.5 Å². The van der Waals surface area contributed by atoms with Crippen molar-refractivity contribution in [2.45, 2.75) is 10.1 Å². The van der Waals surface area contributed by atoms with E-state index in [0.29, 0.717) is 26.3 Å². The molecule has 0 bridgehead atoms. The predicted octanol–water partition coefficient (Wildman–Crippen LogP) is 7.42. The van der Waals surface area contributed by atoms with Gasteiger partial charge in [-0.2, -0.15) is 0 Å². The van der Waals surface area contributed by atoms with E-state index in [0.717, 1.165) is 5.56 Å². The molecule has 0 aliphatic rings. The molecule has 37 heavy (non-hydrogen) atoms. The predicted molar refractivity (Wildman–Crippen MR) is 148 cm³/mol. The Morgan fingerprint density at radius 3 is 2.19 bits per heavy atom. The number of carboxylic acids is 1. The number of carboxylic acid groups (broad SMARTS) is 1. The second-order valence-electron chi connectivity index (χ2n) is 7.85. The van der Waals surface area contributed by atoms with E-state index in [1.807, 2.05) is 36.4 Å². The lowest BCUT2D eigenvalue weighted by molar-refractivity contribution is -0.115. The summed E-state index contributed by atoms with van der Waals surface area (Å²) in [5.41, 5.74) is 1.59. The van der Waals surface area contributed by atoms with Crippen LogP contribution in [0.4, 0.5) is 11.4 Å². The van der Waals surface area contributed by atoms with Gasteiger partial charge in [-0.15, -0.1) is 11.8 Å². The number of carbonyl (C=O) groups excluding carboxylic acids is 2. The van der Waals surface area contributed by atoms with Gasteiger partial charge in [-0.1, -0.05) is 71.7 Å². The Hall–Kier alpha value is -3.78. The molecule has 3 N–H and O–H groups in total. The number of amides is 2. The topological polar surface area (TPSA) is 95.5 Å². The molecule has 0 aliphatic heterocycles. The fourth-order valence-electron chi connectivity index (χ4n) is 3.54. The van der Waals surface area contributed by atoms with Gasteiger partial charge in [0.2, 0.25) is 5.91 Å². The normalized spacial score (nSPS) is 11.4. The molecule has 2 amide bonds. The monoisotopic (exact) mass is 550 g/mol. The van der Waals surface area contributed by atoms with Crippen molar-refractivity contribution in [3.8, 4) is 0 Å². The Labute approximate surface area is 227 Å². The zero-order valence-corrected chi connectivity index (χ0v) is 21.5. The number of thioether (sulfide) groups is 1. The van der Waals surface area contributed by atoms with Crippen molar-refractivity contribution in [2.75, 3.05) is 10.6 Å². The van der Waals surface area contributed by atoms with Crippen LogP contribution in [0, 0.1) is 0 Å². The van der Waals surface area contributed by atoms with E-state index in [4.69, 9.17) is 23.2 Å². The van der Waals surface area contributed by atoms with Gasteiger partial charge >= 0.3 is 5.97 Å². The minimum atomic E-state index is -1.19. The molecule has 4 aromatic rings. The van der Waals surface area contributed by atoms with E-state index < -0.39 is 17.1 Å². The summed E-state index contributed by atoms with van der Waals surface area (Å²) in [5, 5.41) is 15.1. The van der Waals surface area contributed by atoms with Gasteiger partial charge in [0.1, 0.15) is 5.25 Å². The van der Waals surface area contributed by atoms with Crippen LogP contribution in [0.3, 0.4) is 0 Å². The number of rotatable bonds is 8. The molecule has 0 radical (unpaired) electrons. The van der Waals surface area contributed by atoms with Gasteiger partial charge in [-0.3, -0.25) is 9.59 Å². The Morgan fingerprint density at radius 1 is 0.757 bits per heavy atom. The van der Waals surface area contributed by atoms with Gasteiger partial charge < -0.3 is 15.7 Å². The Kier molecular flexibility index (Phi) is 8.50. The number of aromatic carboxylic acids is 1. The van der Waals surface area contributed by atoms with Gasteiger partial charge in [-0.05, 0) is 54.1 Å². The summed E-state index contributed by atoms with van der Waals surface area (Å²) >= 11 is 13.6. The van der Waals surface area contributed by atoms with E-state index in [1.54, 1.807) is 48.5 Å². The van der Waals surface area contributed by atoms with Crippen molar-refractivity contribution in [2.24, 2.45) is 0 Å². The van der Waals surface area contributed by atoms with Crippen LogP contribution < -0.4 is 10.6 Å². The maximum absolute atomic E-state index is 13.4. The second-order valence-corrected chi connectivity index (χ2v) is 9.88. The maximum Gasteiger partial charge on any atom is 0.336 e. The van der Waals surface area contributed by atoms with Gasteiger partial charge in [0, 0.05) is 15.6 Å². The minimum absolute atomic E-state index is 0.0491. The molecule has 0 heterocycles. The van der Waals surface area contributed by atoms with Crippen LogP contribution in [0.1, 0.15) is 31.5 Å². The first-order valence-corrected chi connectivity index (χ1v) is 12.7. The molecule has 4 rings (SSSR count). The quantitative estimate of drug-likeness (QED) is 0.198. The van der Waals surface area contributed by atoms with Crippen molar-refractivity contribution in [1.82, 2.24) is 0 Å². The van der Waals surface area contributed by atoms with Crippen LogP contribution in [0.2, 0.25) is 10.0 Å². The van der Waals surface area contributed by atoms with Crippen LogP contribution >= 0.6 is 35.0 Å². The van der Waals surface area contributed by atoms with Crippen LogP contribution in [-0.4, -0.2) is 22.9 Å². The van der Waals surface area contributed by atoms with Crippen molar-refractivity contribution in [3.63, 3.8) is 0 Å². The highest BCUT2D eigenvalue weighted by Crippen LogP contribution is 2.38. The van der Waals surface area contributed by atoms with Crippen molar-refractivity contribution >= 4 is 64.1 Å². The maximum atomic E-state index is 13.4. The number of hydrogen-bond acceptors (Lipinski definition) is 4. The summed E-state index contributed by atoms with van der Waals surface area (Å²) in [6, 6.07) is 27.1. The fourth-order valence-corrected chi connectivity index (χ4v) is 4.96. The number of benzene rings is 4. The highest BCUT2D eigenvalue weighted by atomic mass is 35.5. The van der Waals surface area contributed by atoms with E-state index >= 15 is 0 Å². The molecule has 1 atom stereocenters. The molecule has 6 nitrogen and oxygen atoms in total. The van der Waals surface area contributed by atoms with Gasteiger partial charge in [0.05, 0.1) is 21.8 Å². The molecule has 0 saturated heterocycles. The third-order valence-corrected chi connectivity index (χ3v) is 7.09. The lowest BCUT2D eigenvalue weighted by Crippen LogP contribution is -2.19. The SMILES string of the molecule is O=C(O)c1ccccc1C(=O)Nc1cccc(SC(C(=O)Nc2cc(Cl)ccc2Cl)c2ccccc2)c1. The smallest absolute Gasteiger partial charge is 0.336 e. The van der Waals surface area contributed by atoms with Gasteiger partial charge in [0.15, 0.2) is 0 Å². The summed E-state index contributed by atoms with van der Waals surface area (Å²) in [6.45, 7) is 0. The van der Waals surface area contributed by atoms with Crippen LogP contribution in [-0.2, 0) is 4.79 Å². The third-order valence-electron chi connectivity index (χ3n) is 5.27. The number of carbonyl (C=O) groups is 3. The van der Waals surface area contributed by atoms with Gasteiger partial charge in [-0.25, -0.2) is 4.79 Å². The molecule has 186 valence electrons. The van der Waals surface area contributed by atoms with Crippen molar-refractivity contribution in [1.29, 1.82) is 0 Å². The van der Waals surface area contributed by atoms with Crippen LogP contribution in [0.5, 0.6) is 0 Å². The molecule has 9 heteroatoms. The van der Waals surface area contributed by atoms with Gasteiger partial charge in [0.25, 0.3) is 5.91 Å². The first-order valence-electron chi connectivity index (χ1n) is 11.0. The number of anilines is 2. The van der Waals surface area contributed by atoms with E-state index in [2.05, 4.69) is 10.6 Å². The molecule has 4 aromatic carbocycles. The lowest BCUT2D eigenvalue weighted by Gasteiger charge is -2.18. The Bertz CT molecular complexity index is 1460. The molecule has 0 aliphatic carbocycles. The largest absolute Gasteiger partial charge is 0.478 e. The summed E-state index contributed by atoms with van der Waals surface area (Å²) in [7, 11) is 0. The number of nitrogens with one attached hydrogen (secondary N) is 2. The average molecular weight is 551 g/mol. The Balaban J connectivity index is 1.57. The molecule has 0 saturated carbocycles. The molecular formula is C28H20Cl2N2O4S. The molecule has 0 fully saturated rings. The van der Waals surface area contributed by atoms with Crippen LogP contribution in [0.15, 0.2) is 102 Å². The van der Waals surface area contributed by atoms with E-state index in [9.17, 15) is 19.5 Å². The standard InChI is InChI=1S/C28H20Cl2N2O4S/c29-18-13-14-23(30)24(15-18)32-27(34)25(17-7-2-1-3-8-17)37-20-10-6-9-19(16-20)31-26(33)21-11-4-5-12-22(21)28(35)36/h1-16,25H,(H,31,33)(H,32,34)(H,35,36). The molecular weight excluding hydrogens is 531 g/mol. The van der Waals surface area contributed by atoms with Crippen LogP contribution in [0.25, 0.3) is 0 Å². The summed E-state index contributed by atoms with van der Waals surface area (Å²) < 4.78 is 0. The highest BCUT2D eigenvalue weighted by molar-refractivity contribution is 8.00. The third kappa shape index (κ3) is 6.71. The highest BCUT2D eigenvalue weighted by Gasteiger charge is 2.23. The second kappa shape index (κ2) is 12.0. The number of hydrogen-bond donors (Lipinski definition) is 3. The lowest BCUT2D eigenvalue weighted by atomic mass is 10.1. The summed E-state index contributed by atoms with van der Waals surface area (Å²) in [4.78, 5) is 38.4. The molecule has 0 spiro atoms. The first-order chi connectivity index (χ1) is 17.8. The summed E-state index contributed by atoms with van der Waals surface area (Å²) in [5.74, 6) is -2.04. The van der Waals surface area contributed by atoms with E-state index in [1.165, 1.54) is 23.9 Å². The molecule has 1 unspecified atom stereocenters. The van der Waals surface area contributed by atoms with Crippen molar-refractivity contribution in [3.05, 3.63) is 124 Å². The minimum Gasteiger partial charge on any atom is -0.478 e. The molecule has 0 aromatic heterocycles. The summed E-state index contributed by atoms with van der Waals surface area (Å²) in [6.07, 6.45) is 0. The average Bonchev–Trinajstić information content (AvgIpc) is 2.90. The Morgan fingerprint density at radius 2 is 1.46 bits per heavy atom. The zero-order valence-electron chi connectivity index (χ0n) is 19.2.